The number of ketones is 2. The Kier molecular flexibility index (Phi) is 10.8. The number of carbonyl (C=O) groups excluding carboxylic acids is 3. The molecule has 2 aliphatic rings. The number of pyridine rings is 1. The lowest BCUT2D eigenvalue weighted by Crippen LogP contribution is -2.51. The molecular formula is C41H42F2N6O4S. The van der Waals surface area contributed by atoms with Gasteiger partial charge in [-0.2, -0.15) is 0 Å². The highest BCUT2D eigenvalue weighted by atomic mass is 32.1. The van der Waals surface area contributed by atoms with Gasteiger partial charge in [-0.3, -0.25) is 29.5 Å². The number of ether oxygens (including phenoxy) is 1. The van der Waals surface area contributed by atoms with Crippen LogP contribution in [0.1, 0.15) is 51.4 Å². The molecule has 0 spiro atoms. The molecule has 0 aliphatic carbocycles. The van der Waals surface area contributed by atoms with Crippen LogP contribution in [0.5, 0.6) is 5.75 Å². The number of aromatic nitrogens is 2. The Labute approximate surface area is 316 Å². The summed E-state index contributed by atoms with van der Waals surface area (Å²) in [4.78, 5) is 53.2. The fraction of sp³-hybridized carbons (Fsp3) is 0.341. The molecule has 0 bridgehead atoms. The third-order valence-corrected chi connectivity index (χ3v) is 10.9. The number of hydrogen-bond donors (Lipinski definition) is 1. The highest BCUT2D eigenvalue weighted by Crippen LogP contribution is 2.35. The predicted octanol–water partition coefficient (Wildman–Crippen LogP) is 6.91. The van der Waals surface area contributed by atoms with Crippen LogP contribution in [-0.2, 0) is 17.8 Å². The van der Waals surface area contributed by atoms with Crippen molar-refractivity contribution in [3.8, 4) is 16.9 Å². The number of amides is 1. The third-order valence-electron chi connectivity index (χ3n) is 9.95. The van der Waals surface area contributed by atoms with Crippen molar-refractivity contribution < 1.29 is 27.9 Å². The molecule has 2 aliphatic heterocycles. The number of fused-ring (bicyclic) bond motifs is 2. The Balaban J connectivity index is 1.05. The number of rotatable bonds is 12. The van der Waals surface area contributed by atoms with Crippen LogP contribution in [0.2, 0.25) is 0 Å². The summed E-state index contributed by atoms with van der Waals surface area (Å²) < 4.78 is 37.0. The van der Waals surface area contributed by atoms with Crippen LogP contribution in [0.25, 0.3) is 21.3 Å². The van der Waals surface area contributed by atoms with Crippen molar-refractivity contribution in [1.29, 1.82) is 0 Å². The molecule has 5 aromatic rings. The van der Waals surface area contributed by atoms with E-state index >= 15 is 8.78 Å². The highest BCUT2D eigenvalue weighted by Gasteiger charge is 2.34. The molecule has 10 nitrogen and oxygen atoms in total. The molecule has 0 saturated carbocycles. The minimum absolute atomic E-state index is 0.0637. The summed E-state index contributed by atoms with van der Waals surface area (Å²) in [5.41, 5.74) is 5.49. The van der Waals surface area contributed by atoms with E-state index in [1.54, 1.807) is 24.0 Å². The average molecular weight is 753 g/mol. The van der Waals surface area contributed by atoms with E-state index in [1.807, 2.05) is 65.6 Å². The second kappa shape index (κ2) is 15.7. The maximum atomic E-state index is 15.1. The molecule has 1 amide bonds. The summed E-state index contributed by atoms with van der Waals surface area (Å²) in [6.45, 7) is 7.01. The van der Waals surface area contributed by atoms with Gasteiger partial charge in [0.2, 0.25) is 0 Å². The summed E-state index contributed by atoms with van der Waals surface area (Å²) in [6.07, 6.45) is 0.690. The van der Waals surface area contributed by atoms with E-state index in [-0.39, 0.29) is 23.2 Å². The topological polar surface area (TPSA) is 108 Å². The van der Waals surface area contributed by atoms with Crippen LogP contribution in [0.15, 0.2) is 72.8 Å². The lowest BCUT2D eigenvalue weighted by atomic mass is 9.94. The molecule has 13 heteroatoms. The zero-order valence-electron chi connectivity index (χ0n) is 30.5. The second-order valence-electron chi connectivity index (χ2n) is 14.0. The van der Waals surface area contributed by atoms with Gasteiger partial charge in [0.15, 0.2) is 17.5 Å². The number of carbonyl (C=O) groups is 3. The van der Waals surface area contributed by atoms with E-state index in [2.05, 4.69) is 15.2 Å². The molecule has 4 heterocycles. The van der Waals surface area contributed by atoms with E-state index in [0.29, 0.717) is 91.2 Å². The summed E-state index contributed by atoms with van der Waals surface area (Å²) in [6, 6.07) is 22.4. The van der Waals surface area contributed by atoms with Gasteiger partial charge in [-0.25, -0.2) is 18.7 Å². The van der Waals surface area contributed by atoms with E-state index in [9.17, 15) is 14.4 Å². The van der Waals surface area contributed by atoms with Crippen molar-refractivity contribution in [3.63, 3.8) is 0 Å². The van der Waals surface area contributed by atoms with Gasteiger partial charge >= 0.3 is 0 Å². The number of benzene rings is 3. The Hall–Kier alpha value is -5.11. The van der Waals surface area contributed by atoms with E-state index < -0.39 is 19.1 Å². The number of thiazole rings is 1. The summed E-state index contributed by atoms with van der Waals surface area (Å²) >= 11 is 1.42. The van der Waals surface area contributed by atoms with Crippen LogP contribution in [0.3, 0.4) is 0 Å². The lowest BCUT2D eigenvalue weighted by Gasteiger charge is -2.35. The molecule has 1 N–H and O–H groups in total. The number of anilines is 2. The number of Topliss-reactive ketones (excluding diaryl/α,β-unsaturated/α-hetero) is 2. The molecule has 0 unspecified atom stereocenters. The fourth-order valence-electron chi connectivity index (χ4n) is 7.23. The number of halogens is 2. The smallest absolute Gasteiger partial charge is 0.293 e. The number of piperazine rings is 1. The largest absolute Gasteiger partial charge is 0.487 e. The van der Waals surface area contributed by atoms with Crippen molar-refractivity contribution in [1.82, 2.24) is 19.8 Å². The SMILES string of the molecule is CC(=O)CN1CCN(CC(F)(F)COc2cccc(-c3ccc(N4CCc5cccc(C(=O)Nc6nc7ccccc7s6)c5C4)nc3C(C)=O)c2C)CC1. The molecule has 0 atom stereocenters. The van der Waals surface area contributed by atoms with Crippen molar-refractivity contribution >= 4 is 50.0 Å². The first-order valence-electron chi connectivity index (χ1n) is 18.0. The molecule has 54 heavy (non-hydrogen) atoms. The zero-order valence-corrected chi connectivity index (χ0v) is 31.3. The van der Waals surface area contributed by atoms with Crippen molar-refractivity contribution in [2.45, 2.75) is 39.7 Å². The normalized spacial score (nSPS) is 15.2. The van der Waals surface area contributed by atoms with E-state index in [0.717, 1.165) is 21.3 Å². The maximum absolute atomic E-state index is 15.1. The average Bonchev–Trinajstić information content (AvgIpc) is 3.56. The molecular weight excluding hydrogens is 711 g/mol. The molecule has 2 aromatic heterocycles. The van der Waals surface area contributed by atoms with E-state index in [1.165, 1.54) is 25.2 Å². The number of nitrogens with one attached hydrogen (secondary N) is 1. The van der Waals surface area contributed by atoms with Crippen molar-refractivity contribution in [3.05, 3.63) is 101 Å². The standard InChI is InChI=1S/C41H42F2N6O4S/c1-26(50)22-47-18-20-48(21-19-47)24-41(42,43)25-53-35-12-7-9-30(27(35)2)31-14-15-37(45-38(31)28(3)51)49-17-16-29-8-6-10-32(33(29)23-49)39(52)46-40-44-34-11-4-5-13-36(34)54-40/h4-15H,16-25H2,1-3H3,(H,44,46,52). The van der Waals surface area contributed by atoms with Gasteiger partial charge in [0.25, 0.3) is 11.8 Å². The molecule has 1 saturated heterocycles. The van der Waals surface area contributed by atoms with Gasteiger partial charge in [-0.05, 0) is 78.9 Å². The van der Waals surface area contributed by atoms with E-state index in [4.69, 9.17) is 9.72 Å². The molecule has 3 aromatic carbocycles. The molecule has 7 rings (SSSR count). The van der Waals surface area contributed by atoms with Crippen molar-refractivity contribution in [2.24, 2.45) is 0 Å². The predicted molar refractivity (Wildman–Crippen MR) is 207 cm³/mol. The van der Waals surface area contributed by atoms with Crippen LogP contribution < -0.4 is 15.0 Å². The van der Waals surface area contributed by atoms with Gasteiger partial charge in [0, 0.05) is 57.3 Å². The molecule has 1 fully saturated rings. The van der Waals surface area contributed by atoms with Crippen LogP contribution in [0.4, 0.5) is 19.7 Å². The number of hydrogen-bond acceptors (Lipinski definition) is 10. The quantitative estimate of drug-likeness (QED) is 0.136. The summed E-state index contributed by atoms with van der Waals surface area (Å²) in [7, 11) is 0. The first-order valence-corrected chi connectivity index (χ1v) is 18.8. The fourth-order valence-corrected chi connectivity index (χ4v) is 8.09. The highest BCUT2D eigenvalue weighted by molar-refractivity contribution is 7.22. The van der Waals surface area contributed by atoms with Crippen LogP contribution >= 0.6 is 11.3 Å². The zero-order chi connectivity index (χ0) is 38.0. The number of alkyl halides is 2. The molecule has 280 valence electrons. The van der Waals surface area contributed by atoms with Gasteiger partial charge in [0.1, 0.15) is 23.0 Å². The summed E-state index contributed by atoms with van der Waals surface area (Å²) in [5.74, 6) is -2.60. The Morgan fingerprint density at radius 3 is 2.39 bits per heavy atom. The van der Waals surface area contributed by atoms with Gasteiger partial charge in [-0.15, -0.1) is 0 Å². The Morgan fingerprint density at radius 1 is 0.870 bits per heavy atom. The summed E-state index contributed by atoms with van der Waals surface area (Å²) in [5, 5.41) is 3.51. The van der Waals surface area contributed by atoms with Crippen LogP contribution in [-0.4, -0.2) is 95.6 Å². The number of para-hydroxylation sites is 1. The maximum Gasteiger partial charge on any atom is 0.293 e. The van der Waals surface area contributed by atoms with Gasteiger partial charge in [0.05, 0.1) is 23.3 Å². The minimum Gasteiger partial charge on any atom is -0.487 e. The Morgan fingerprint density at radius 2 is 1.63 bits per heavy atom. The van der Waals surface area contributed by atoms with Crippen molar-refractivity contribution in [2.75, 3.05) is 62.6 Å². The lowest BCUT2D eigenvalue weighted by molar-refractivity contribution is -0.119. The first-order chi connectivity index (χ1) is 25.9. The Bertz CT molecular complexity index is 2180. The first kappa shape index (κ1) is 37.2. The number of nitrogens with zero attached hydrogens (tertiary/aromatic N) is 5. The second-order valence-corrected chi connectivity index (χ2v) is 15.0. The van der Waals surface area contributed by atoms with Crippen LogP contribution in [0, 0.1) is 6.92 Å². The van der Waals surface area contributed by atoms with Gasteiger partial charge in [-0.1, -0.05) is 47.7 Å². The molecule has 0 radical (unpaired) electrons. The minimum atomic E-state index is -3.10. The third kappa shape index (κ3) is 8.33. The van der Waals surface area contributed by atoms with Gasteiger partial charge < -0.3 is 9.64 Å². The monoisotopic (exact) mass is 752 g/mol.